The Hall–Kier alpha value is -2.29. The van der Waals surface area contributed by atoms with E-state index in [0.717, 1.165) is 32.7 Å². The molecule has 1 aromatic rings. The van der Waals surface area contributed by atoms with E-state index in [2.05, 4.69) is 36.1 Å². The summed E-state index contributed by atoms with van der Waals surface area (Å²) in [7, 11) is 3.67. The first-order valence-electron chi connectivity index (χ1n) is 9.01. The van der Waals surface area contributed by atoms with Crippen LogP contribution in [0.5, 0.6) is 0 Å². The maximum atomic E-state index is 12.0. The third-order valence-electron chi connectivity index (χ3n) is 4.98. The molecule has 0 saturated carbocycles. The topological polar surface area (TPSA) is 64.1 Å². The monoisotopic (exact) mass is 401 g/mol. The van der Waals surface area contributed by atoms with Crippen molar-refractivity contribution >= 4 is 12.0 Å². The first-order chi connectivity index (χ1) is 13.0. The fourth-order valence-electron chi connectivity index (χ4n) is 3.61. The van der Waals surface area contributed by atoms with Crippen molar-refractivity contribution in [3.8, 4) is 0 Å². The van der Waals surface area contributed by atoms with E-state index in [1.165, 1.54) is 11.1 Å². The number of aryl methyl sites for hydroxylation is 1. The molecule has 0 spiro atoms. The number of aliphatic carboxylic acids is 1. The van der Waals surface area contributed by atoms with Crippen LogP contribution in [0.4, 0.5) is 18.0 Å². The van der Waals surface area contributed by atoms with E-state index in [0.29, 0.717) is 11.8 Å². The van der Waals surface area contributed by atoms with Gasteiger partial charge in [-0.15, -0.1) is 0 Å². The van der Waals surface area contributed by atoms with E-state index < -0.39 is 12.1 Å². The number of fused-ring (bicyclic) bond motifs is 1. The predicted octanol–water partition coefficient (Wildman–Crippen LogP) is 2.67. The summed E-state index contributed by atoms with van der Waals surface area (Å²) in [5.41, 5.74) is 2.71. The number of hydrogen-bond donors (Lipinski definition) is 1. The van der Waals surface area contributed by atoms with Gasteiger partial charge in [-0.1, -0.05) is 29.8 Å². The van der Waals surface area contributed by atoms with Crippen LogP contribution >= 0.6 is 0 Å². The van der Waals surface area contributed by atoms with Crippen LogP contribution < -0.4 is 0 Å². The molecule has 2 fully saturated rings. The van der Waals surface area contributed by atoms with Gasteiger partial charge in [0.1, 0.15) is 0 Å². The molecule has 2 heterocycles. The Morgan fingerprint density at radius 1 is 1.07 bits per heavy atom. The van der Waals surface area contributed by atoms with Crippen molar-refractivity contribution in [1.82, 2.24) is 14.7 Å². The first kappa shape index (κ1) is 22.0. The normalized spacial score (nSPS) is 21.7. The molecule has 2 amide bonds. The highest BCUT2D eigenvalue weighted by Crippen LogP contribution is 2.32. The highest BCUT2D eigenvalue weighted by Gasteiger charge is 2.41. The van der Waals surface area contributed by atoms with Crippen molar-refractivity contribution in [2.45, 2.75) is 19.6 Å². The molecule has 6 nitrogen and oxygen atoms in total. The summed E-state index contributed by atoms with van der Waals surface area (Å²) in [6.45, 7) is 7.25. The number of nitrogens with zero attached hydrogens (tertiary/aromatic N) is 3. The Balaban J connectivity index is 0.000000345. The van der Waals surface area contributed by atoms with Gasteiger partial charge in [-0.25, -0.2) is 9.59 Å². The third-order valence-corrected chi connectivity index (χ3v) is 4.98. The van der Waals surface area contributed by atoms with Gasteiger partial charge in [0.25, 0.3) is 0 Å². The summed E-state index contributed by atoms with van der Waals surface area (Å²) in [6, 6.07) is 8.99. The van der Waals surface area contributed by atoms with Crippen molar-refractivity contribution in [3.63, 3.8) is 0 Å². The first-order valence-corrected chi connectivity index (χ1v) is 9.01. The Bertz CT molecular complexity index is 678. The Labute approximate surface area is 162 Å². The minimum absolute atomic E-state index is 0.162. The quantitative estimate of drug-likeness (QED) is 0.828. The van der Waals surface area contributed by atoms with Crippen LogP contribution in [-0.4, -0.2) is 78.3 Å². The largest absolute Gasteiger partial charge is 0.490 e. The summed E-state index contributed by atoms with van der Waals surface area (Å²) < 4.78 is 31.7. The molecule has 0 aliphatic carbocycles. The van der Waals surface area contributed by atoms with Crippen LogP contribution in [0.15, 0.2) is 24.3 Å². The molecule has 0 aromatic heterocycles. The molecule has 28 heavy (non-hydrogen) atoms. The molecule has 2 aliphatic rings. The van der Waals surface area contributed by atoms with Crippen molar-refractivity contribution in [2.75, 3.05) is 40.3 Å². The molecule has 156 valence electrons. The van der Waals surface area contributed by atoms with Gasteiger partial charge >= 0.3 is 18.2 Å². The van der Waals surface area contributed by atoms with E-state index in [1.54, 1.807) is 4.90 Å². The van der Waals surface area contributed by atoms with Gasteiger partial charge in [-0.2, -0.15) is 13.2 Å². The molecule has 0 unspecified atom stereocenters. The maximum absolute atomic E-state index is 12.0. The van der Waals surface area contributed by atoms with Crippen molar-refractivity contribution in [1.29, 1.82) is 0 Å². The molecule has 0 radical (unpaired) electrons. The minimum atomic E-state index is -5.08. The van der Waals surface area contributed by atoms with Crippen molar-refractivity contribution in [2.24, 2.45) is 11.8 Å². The van der Waals surface area contributed by atoms with E-state index in [-0.39, 0.29) is 6.03 Å². The Morgan fingerprint density at radius 3 is 1.93 bits per heavy atom. The summed E-state index contributed by atoms with van der Waals surface area (Å²) in [4.78, 5) is 27.2. The second kappa shape index (κ2) is 8.81. The SMILES string of the molecule is Cc1ccc(CN2C[C@@H]3CN(C(=O)N(C)C)C[C@@H]3C2)cc1.O=C(O)C(F)(F)F. The predicted molar refractivity (Wildman–Crippen MR) is 97.8 cm³/mol. The number of rotatable bonds is 2. The van der Waals surface area contributed by atoms with Gasteiger partial charge in [0.15, 0.2) is 0 Å². The average molecular weight is 401 g/mol. The smallest absolute Gasteiger partial charge is 0.475 e. The minimum Gasteiger partial charge on any atom is -0.475 e. The highest BCUT2D eigenvalue weighted by molar-refractivity contribution is 5.74. The van der Waals surface area contributed by atoms with Crippen LogP contribution in [-0.2, 0) is 11.3 Å². The molecule has 3 rings (SSSR count). The zero-order chi connectivity index (χ0) is 21.1. The summed E-state index contributed by atoms with van der Waals surface area (Å²) >= 11 is 0. The van der Waals surface area contributed by atoms with E-state index in [1.807, 2.05) is 19.0 Å². The lowest BCUT2D eigenvalue weighted by molar-refractivity contribution is -0.192. The molecular formula is C19H26F3N3O3. The van der Waals surface area contributed by atoms with Crippen LogP contribution in [0.2, 0.25) is 0 Å². The maximum Gasteiger partial charge on any atom is 0.490 e. The lowest BCUT2D eigenvalue weighted by Gasteiger charge is -2.24. The fourth-order valence-corrected chi connectivity index (χ4v) is 3.61. The lowest BCUT2D eigenvalue weighted by Crippen LogP contribution is -2.39. The van der Waals surface area contributed by atoms with Crippen LogP contribution in [0.25, 0.3) is 0 Å². The third kappa shape index (κ3) is 5.85. The number of likely N-dealkylation sites (tertiary alicyclic amines) is 2. The highest BCUT2D eigenvalue weighted by atomic mass is 19.4. The van der Waals surface area contributed by atoms with Gasteiger partial charge in [0.2, 0.25) is 0 Å². The fraction of sp³-hybridized carbons (Fsp3) is 0.579. The number of amides is 2. The number of urea groups is 1. The molecule has 9 heteroatoms. The molecule has 2 atom stereocenters. The second-order valence-corrected chi connectivity index (χ2v) is 7.58. The molecular weight excluding hydrogens is 375 g/mol. The molecule has 1 aromatic carbocycles. The Kier molecular flexibility index (Phi) is 6.92. The molecule has 2 aliphatic heterocycles. The molecule has 1 N–H and O–H groups in total. The van der Waals surface area contributed by atoms with Crippen molar-refractivity contribution < 1.29 is 27.9 Å². The summed E-state index contributed by atoms with van der Waals surface area (Å²) in [6.07, 6.45) is -5.08. The molecule has 2 saturated heterocycles. The van der Waals surface area contributed by atoms with Crippen molar-refractivity contribution in [3.05, 3.63) is 35.4 Å². The van der Waals surface area contributed by atoms with E-state index in [4.69, 9.17) is 9.90 Å². The van der Waals surface area contributed by atoms with Gasteiger partial charge in [0.05, 0.1) is 0 Å². The zero-order valence-corrected chi connectivity index (χ0v) is 16.2. The van der Waals surface area contributed by atoms with Gasteiger partial charge in [0, 0.05) is 46.8 Å². The number of hydrogen-bond acceptors (Lipinski definition) is 3. The second-order valence-electron chi connectivity index (χ2n) is 7.58. The van der Waals surface area contributed by atoms with Gasteiger partial charge in [-0.3, -0.25) is 4.90 Å². The average Bonchev–Trinajstić information content (AvgIpc) is 3.14. The van der Waals surface area contributed by atoms with Crippen LogP contribution in [0, 0.1) is 18.8 Å². The van der Waals surface area contributed by atoms with E-state index >= 15 is 0 Å². The van der Waals surface area contributed by atoms with Gasteiger partial charge < -0.3 is 14.9 Å². The van der Waals surface area contributed by atoms with Gasteiger partial charge in [-0.05, 0) is 24.3 Å². The summed E-state index contributed by atoms with van der Waals surface area (Å²) in [5, 5.41) is 7.12. The number of benzene rings is 1. The number of carboxylic acids is 1. The standard InChI is InChI=1S/C17H25N3O.C2HF3O2/c1-13-4-6-14(7-5-13)8-19-9-15-11-20(12-16(15)10-19)17(21)18(2)3;3-2(4,5)1(6)7/h4-7,15-16H,8-12H2,1-3H3;(H,6,7)/t15-,16+;. The van der Waals surface area contributed by atoms with Crippen LogP contribution in [0.1, 0.15) is 11.1 Å². The number of carbonyl (C=O) groups excluding carboxylic acids is 1. The molecule has 0 bridgehead atoms. The lowest BCUT2D eigenvalue weighted by atomic mass is 10.0. The number of carbonyl (C=O) groups is 2. The summed E-state index contributed by atoms with van der Waals surface area (Å²) in [5.74, 6) is -1.45. The number of carboxylic acid groups (broad SMARTS) is 1. The van der Waals surface area contributed by atoms with Crippen LogP contribution in [0.3, 0.4) is 0 Å². The number of halogens is 3. The number of alkyl halides is 3. The zero-order valence-electron chi connectivity index (χ0n) is 16.2. The Morgan fingerprint density at radius 2 is 1.54 bits per heavy atom. The van der Waals surface area contributed by atoms with E-state index in [9.17, 15) is 18.0 Å².